The van der Waals surface area contributed by atoms with E-state index in [2.05, 4.69) is 37.9 Å². The number of anilines is 1. The number of carbonyl (C=O) groups is 1. The zero-order valence-electron chi connectivity index (χ0n) is 12.6. The molecule has 1 aromatic rings. The van der Waals surface area contributed by atoms with Crippen molar-refractivity contribution in [1.29, 1.82) is 0 Å². The largest absolute Gasteiger partial charge is 0.345 e. The van der Waals surface area contributed by atoms with Gasteiger partial charge in [-0.25, -0.2) is 4.98 Å². The molecule has 0 atom stereocenters. The molecule has 0 unspecified atom stereocenters. The Morgan fingerprint density at radius 3 is 3.04 bits per heavy atom. The molecular weight excluding hydrogens is 439 g/mol. The van der Waals surface area contributed by atoms with Crippen LogP contribution < -0.4 is 10.2 Å². The van der Waals surface area contributed by atoms with E-state index in [0.29, 0.717) is 18.1 Å². The van der Waals surface area contributed by atoms with Crippen LogP contribution in [0.4, 0.5) is 5.69 Å². The molecule has 1 amide bonds. The van der Waals surface area contributed by atoms with E-state index < -0.39 is 0 Å². The van der Waals surface area contributed by atoms with E-state index in [-0.39, 0.29) is 5.91 Å². The van der Waals surface area contributed by atoms with E-state index in [0.717, 1.165) is 38.3 Å². The zero-order chi connectivity index (χ0) is 16.7. The molecule has 24 heavy (non-hydrogen) atoms. The number of nitrogens with one attached hydrogen (secondary N) is 2. The Labute approximate surface area is 157 Å². The second-order valence-corrected chi connectivity index (χ2v) is 7.16. The predicted molar refractivity (Wildman–Crippen MR) is 104 cm³/mol. The van der Waals surface area contributed by atoms with Crippen LogP contribution in [0.3, 0.4) is 0 Å². The number of fused-ring (bicyclic) bond motifs is 1. The van der Waals surface area contributed by atoms with Crippen LogP contribution in [-0.2, 0) is 4.79 Å². The molecule has 3 aliphatic rings. The molecule has 122 valence electrons. The van der Waals surface area contributed by atoms with Crippen LogP contribution in [0.1, 0.15) is 0 Å². The molecule has 0 aliphatic carbocycles. The van der Waals surface area contributed by atoms with Crippen molar-refractivity contribution in [2.24, 2.45) is 0 Å². The third-order valence-corrected chi connectivity index (χ3v) is 5.71. The van der Waals surface area contributed by atoms with Gasteiger partial charge in [-0.1, -0.05) is 23.7 Å². The van der Waals surface area contributed by atoms with Gasteiger partial charge in [-0.15, -0.1) is 0 Å². The first-order valence-electron chi connectivity index (χ1n) is 7.58. The van der Waals surface area contributed by atoms with Gasteiger partial charge in [0.2, 0.25) is 5.91 Å². The van der Waals surface area contributed by atoms with Crippen molar-refractivity contribution in [1.82, 2.24) is 15.3 Å². The predicted octanol–water partition coefficient (Wildman–Crippen LogP) is 3.38. The number of halogens is 2. The number of hydrogen-bond donors (Lipinski definition) is 2. The number of aromatic amines is 1. The maximum atomic E-state index is 12.1. The van der Waals surface area contributed by atoms with Gasteiger partial charge in [0, 0.05) is 45.9 Å². The maximum Gasteiger partial charge on any atom is 0.240 e. The van der Waals surface area contributed by atoms with Crippen LogP contribution in [0, 0.1) is 3.57 Å². The number of rotatable bonds is 2. The lowest BCUT2D eigenvalue weighted by molar-refractivity contribution is -0.118. The Balaban J connectivity index is 1.80. The molecule has 2 N–H and O–H groups in total. The van der Waals surface area contributed by atoms with E-state index in [9.17, 15) is 4.79 Å². The number of pyridine rings is 1. The van der Waals surface area contributed by atoms with E-state index >= 15 is 0 Å². The summed E-state index contributed by atoms with van der Waals surface area (Å²) in [6.07, 6.45) is 3.67. The number of H-pyrrole nitrogens is 1. The normalized spacial score (nSPS) is 15.2. The number of nitrogens with zero attached hydrogens (tertiary/aromatic N) is 2. The minimum absolute atomic E-state index is 0.0878. The summed E-state index contributed by atoms with van der Waals surface area (Å²) in [7, 11) is 0. The summed E-state index contributed by atoms with van der Waals surface area (Å²) in [6, 6.07) is 7.96. The highest BCUT2D eigenvalue weighted by atomic mass is 127. The van der Waals surface area contributed by atoms with Crippen LogP contribution >= 0.6 is 34.2 Å². The average molecular weight is 453 g/mol. The van der Waals surface area contributed by atoms with Crippen molar-refractivity contribution in [3.05, 3.63) is 45.3 Å². The summed E-state index contributed by atoms with van der Waals surface area (Å²) in [5, 5.41) is 3.79. The SMILES string of the molecule is O=C1CNCCN1c1cccc(-c2cnc3[nH]cc(I)c(Cl)c2-3)c1. The molecular formula is C17H14ClIN4O. The highest BCUT2D eigenvalue weighted by molar-refractivity contribution is 14.1. The van der Waals surface area contributed by atoms with Crippen molar-refractivity contribution in [2.75, 3.05) is 24.5 Å². The maximum absolute atomic E-state index is 12.1. The van der Waals surface area contributed by atoms with Gasteiger partial charge in [0.25, 0.3) is 0 Å². The van der Waals surface area contributed by atoms with Crippen LogP contribution in [0.2, 0.25) is 5.02 Å². The minimum Gasteiger partial charge on any atom is -0.345 e. The van der Waals surface area contributed by atoms with E-state index in [1.54, 1.807) is 0 Å². The summed E-state index contributed by atoms with van der Waals surface area (Å²) < 4.78 is 0.949. The summed E-state index contributed by atoms with van der Waals surface area (Å²) in [4.78, 5) is 21.5. The number of piperazine rings is 1. The highest BCUT2D eigenvalue weighted by Gasteiger charge is 2.22. The van der Waals surface area contributed by atoms with Crippen molar-refractivity contribution in [2.45, 2.75) is 0 Å². The fraction of sp³-hybridized carbons (Fsp3) is 0.176. The first-order valence-corrected chi connectivity index (χ1v) is 9.03. The molecule has 0 spiro atoms. The van der Waals surface area contributed by atoms with Gasteiger partial charge < -0.3 is 15.2 Å². The molecule has 3 heterocycles. The molecule has 3 aliphatic heterocycles. The lowest BCUT2D eigenvalue weighted by Gasteiger charge is -2.27. The van der Waals surface area contributed by atoms with Gasteiger partial charge in [-0.3, -0.25) is 4.79 Å². The first kappa shape index (κ1) is 15.9. The Bertz CT molecular complexity index is 894. The van der Waals surface area contributed by atoms with Crippen molar-refractivity contribution < 1.29 is 4.79 Å². The van der Waals surface area contributed by atoms with Crippen molar-refractivity contribution in [3.63, 3.8) is 0 Å². The summed E-state index contributed by atoms with van der Waals surface area (Å²) in [5.74, 6) is 0.851. The summed E-state index contributed by atoms with van der Waals surface area (Å²) in [6.45, 7) is 1.86. The lowest BCUT2D eigenvalue weighted by Crippen LogP contribution is -2.48. The Morgan fingerprint density at radius 1 is 1.33 bits per heavy atom. The monoisotopic (exact) mass is 452 g/mol. The van der Waals surface area contributed by atoms with E-state index in [1.807, 2.05) is 41.6 Å². The first-order chi connectivity index (χ1) is 11.6. The van der Waals surface area contributed by atoms with Crippen LogP contribution in [0.25, 0.3) is 22.5 Å². The Hall–Kier alpha value is -1.64. The van der Waals surface area contributed by atoms with Gasteiger partial charge >= 0.3 is 0 Å². The molecule has 0 aromatic heterocycles. The Kier molecular flexibility index (Phi) is 4.19. The van der Waals surface area contributed by atoms with Gasteiger partial charge in [0.15, 0.2) is 0 Å². The van der Waals surface area contributed by atoms with Crippen LogP contribution in [0.15, 0.2) is 36.7 Å². The second-order valence-electron chi connectivity index (χ2n) is 5.62. The van der Waals surface area contributed by atoms with E-state index in [4.69, 9.17) is 11.6 Å². The standard InChI is InChI=1S/C17H14ClIN4O/c18-16-13(19)8-22-17-15(16)12(7-21-17)10-2-1-3-11(6-10)23-5-4-20-9-14(23)24/h1-3,6-8,20H,4-5,9H2,(H,21,22). The highest BCUT2D eigenvalue weighted by Crippen LogP contribution is 2.40. The number of amides is 1. The quantitative estimate of drug-likeness (QED) is 0.586. The van der Waals surface area contributed by atoms with Crippen molar-refractivity contribution in [3.8, 4) is 22.5 Å². The second kappa shape index (κ2) is 6.34. The van der Waals surface area contributed by atoms with Gasteiger partial charge in [0.05, 0.1) is 11.6 Å². The molecule has 4 rings (SSSR count). The van der Waals surface area contributed by atoms with Gasteiger partial charge in [-0.05, 0) is 40.3 Å². The van der Waals surface area contributed by atoms with E-state index in [1.165, 1.54) is 0 Å². The fourth-order valence-electron chi connectivity index (χ4n) is 2.97. The molecule has 1 aromatic carbocycles. The van der Waals surface area contributed by atoms with Crippen LogP contribution in [-0.4, -0.2) is 35.5 Å². The number of hydrogen-bond acceptors (Lipinski definition) is 3. The third-order valence-electron chi connectivity index (χ3n) is 4.15. The summed E-state index contributed by atoms with van der Waals surface area (Å²) >= 11 is 8.69. The molecule has 1 fully saturated rings. The Morgan fingerprint density at radius 2 is 2.21 bits per heavy atom. The molecule has 5 nitrogen and oxygen atoms in total. The van der Waals surface area contributed by atoms with Crippen LogP contribution in [0.5, 0.6) is 0 Å². The average Bonchev–Trinajstić information content (AvgIpc) is 3.03. The molecule has 0 radical (unpaired) electrons. The lowest BCUT2D eigenvalue weighted by atomic mass is 10.0. The number of carbonyl (C=O) groups excluding carboxylic acids is 1. The van der Waals surface area contributed by atoms with Gasteiger partial charge in [0.1, 0.15) is 5.82 Å². The van der Waals surface area contributed by atoms with Gasteiger partial charge in [-0.2, -0.15) is 0 Å². The smallest absolute Gasteiger partial charge is 0.240 e. The summed E-state index contributed by atoms with van der Waals surface area (Å²) in [5.41, 5.74) is 3.78. The topological polar surface area (TPSA) is 61.0 Å². The fourth-order valence-corrected chi connectivity index (χ4v) is 3.64. The third kappa shape index (κ3) is 2.68. The number of benzene rings is 1. The number of aromatic nitrogens is 2. The van der Waals surface area contributed by atoms with Crippen molar-refractivity contribution >= 4 is 45.8 Å². The molecule has 0 bridgehead atoms. The molecule has 0 saturated carbocycles. The molecule has 7 heteroatoms. The molecule has 1 saturated heterocycles. The zero-order valence-corrected chi connectivity index (χ0v) is 15.6. The minimum atomic E-state index is 0.0878.